The van der Waals surface area contributed by atoms with Gasteiger partial charge in [-0.05, 0) is 31.7 Å². The van der Waals surface area contributed by atoms with Gasteiger partial charge in [0.25, 0.3) is 5.91 Å². The molecule has 9 nitrogen and oxygen atoms in total. The van der Waals surface area contributed by atoms with Crippen LogP contribution in [-0.2, 0) is 16.6 Å². The first-order valence-electron chi connectivity index (χ1n) is 13.0. The molecule has 2 aromatic rings. The largest absolute Gasteiger partial charge is 0.381 e. The number of likely N-dealkylation sites (tertiary alicyclic amines) is 1. The Labute approximate surface area is 205 Å². The Kier molecular flexibility index (Phi) is 5.23. The van der Waals surface area contributed by atoms with Crippen LogP contribution < -0.4 is 9.80 Å². The molecule has 0 bridgehead atoms. The highest BCUT2D eigenvalue weighted by molar-refractivity contribution is 6.00. The third kappa shape index (κ3) is 3.27. The molecule has 2 aromatic heterocycles. The van der Waals surface area contributed by atoms with Gasteiger partial charge in [0.1, 0.15) is 17.8 Å². The Balaban J connectivity index is 1.38. The molecule has 2 aliphatic heterocycles. The van der Waals surface area contributed by atoms with E-state index in [0.29, 0.717) is 23.4 Å². The number of fused-ring (bicyclic) bond motifs is 1. The summed E-state index contributed by atoms with van der Waals surface area (Å²) in [6, 6.07) is 1.25. The summed E-state index contributed by atoms with van der Waals surface area (Å²) in [6.45, 7) is 5.79. The highest BCUT2D eigenvalue weighted by Gasteiger charge is 2.77. The molecular formula is C26H36N5O4+. The Hall–Kier alpha value is -2.52. The van der Waals surface area contributed by atoms with Crippen molar-refractivity contribution in [3.8, 4) is 0 Å². The zero-order valence-electron chi connectivity index (χ0n) is 21.1. The van der Waals surface area contributed by atoms with E-state index in [0.717, 1.165) is 56.6 Å². The maximum absolute atomic E-state index is 14.4. The van der Waals surface area contributed by atoms with Crippen molar-refractivity contribution in [2.45, 2.75) is 70.4 Å². The number of rotatable bonds is 5. The standard InChI is InChI=1S/C26H35N5O4/c1-15-21(17-9-12-34-13-10-17)29-35-25(15)31(4)19-14-26(19,2)20(16-6-5-7-16)22(24(31)33)28-23(32)18-8-11-27-30(18)3/h8,11,16-17,19-20,22H,5-7,9-10,12-14H2,1-4H3/p+1/t19?,20?,22-,26?,31?/m0/s1. The van der Waals surface area contributed by atoms with Gasteiger partial charge in [-0.25, -0.2) is 4.79 Å². The average Bonchev–Trinajstić information content (AvgIpc) is 3.13. The van der Waals surface area contributed by atoms with Gasteiger partial charge in [-0.15, -0.1) is 0 Å². The van der Waals surface area contributed by atoms with E-state index >= 15 is 0 Å². The number of carbonyl (C=O) groups excluding carboxylic acids is 2. The first kappa shape index (κ1) is 22.9. The van der Waals surface area contributed by atoms with E-state index in [1.165, 1.54) is 6.42 Å². The fourth-order valence-electron chi connectivity index (χ4n) is 7.40. The fourth-order valence-corrected chi connectivity index (χ4v) is 7.40. The zero-order chi connectivity index (χ0) is 24.5. The van der Waals surface area contributed by atoms with Crippen LogP contribution in [0.4, 0.5) is 5.88 Å². The fraction of sp³-hybridized carbons (Fsp3) is 0.692. The molecule has 6 rings (SSSR count). The quantitative estimate of drug-likeness (QED) is 0.658. The van der Waals surface area contributed by atoms with E-state index in [1.807, 2.05) is 14.0 Å². The number of hydrogen-bond acceptors (Lipinski definition) is 6. The van der Waals surface area contributed by atoms with Gasteiger partial charge in [-0.1, -0.05) is 31.3 Å². The molecule has 4 fully saturated rings. The molecular weight excluding hydrogens is 446 g/mol. The molecule has 4 aliphatic rings. The smallest absolute Gasteiger partial charge is 0.344 e. The third-order valence-electron chi connectivity index (χ3n) is 9.67. The SMILES string of the molecule is Cc1c(C2CCOCC2)noc1[N+]1(C)C(=O)[C@@H](NC(=O)c2ccnn2C)C(C2CCC2)C2(C)CC21. The number of ether oxygens (including phenoxy) is 1. The summed E-state index contributed by atoms with van der Waals surface area (Å²) in [4.78, 5) is 27.7. The second-order valence-corrected chi connectivity index (χ2v) is 11.5. The van der Waals surface area contributed by atoms with Crippen LogP contribution in [0.25, 0.3) is 0 Å². The van der Waals surface area contributed by atoms with Crippen molar-refractivity contribution >= 4 is 17.7 Å². The van der Waals surface area contributed by atoms with Crippen molar-refractivity contribution in [1.29, 1.82) is 0 Å². The van der Waals surface area contributed by atoms with Crippen LogP contribution in [0, 0.1) is 24.2 Å². The van der Waals surface area contributed by atoms with Crippen LogP contribution in [0.5, 0.6) is 0 Å². The lowest BCUT2D eigenvalue weighted by Gasteiger charge is -2.48. The molecule has 9 heteroatoms. The Morgan fingerprint density at radius 1 is 1.26 bits per heavy atom. The number of hydrogen-bond donors (Lipinski definition) is 1. The number of aryl methyl sites for hydroxylation is 1. The first-order valence-corrected chi connectivity index (χ1v) is 13.0. The lowest BCUT2D eigenvalue weighted by Crippen LogP contribution is -2.69. The maximum Gasteiger partial charge on any atom is 0.344 e. The van der Waals surface area contributed by atoms with E-state index in [1.54, 1.807) is 24.0 Å². The van der Waals surface area contributed by atoms with E-state index < -0.39 is 6.04 Å². The lowest BCUT2D eigenvalue weighted by molar-refractivity contribution is -0.141. The van der Waals surface area contributed by atoms with E-state index in [-0.39, 0.29) is 33.7 Å². The highest BCUT2D eigenvalue weighted by Crippen LogP contribution is 2.66. The van der Waals surface area contributed by atoms with Gasteiger partial charge in [0.2, 0.25) is 0 Å². The Morgan fingerprint density at radius 3 is 2.63 bits per heavy atom. The molecule has 2 saturated heterocycles. The normalized spacial score (nSPS) is 35.4. The van der Waals surface area contributed by atoms with Crippen molar-refractivity contribution in [2.24, 2.45) is 24.3 Å². The number of quaternary nitrogens is 1. The lowest BCUT2D eigenvalue weighted by atomic mass is 9.64. The molecule has 2 saturated carbocycles. The molecule has 5 atom stereocenters. The number of nitrogens with one attached hydrogen (secondary N) is 1. The molecule has 4 heterocycles. The summed E-state index contributed by atoms with van der Waals surface area (Å²) in [5.74, 6) is 1.29. The van der Waals surface area contributed by atoms with Crippen molar-refractivity contribution in [3.63, 3.8) is 0 Å². The monoisotopic (exact) mass is 482 g/mol. The van der Waals surface area contributed by atoms with E-state index in [2.05, 4.69) is 22.5 Å². The molecule has 0 aromatic carbocycles. The van der Waals surface area contributed by atoms with Gasteiger partial charge >= 0.3 is 11.8 Å². The van der Waals surface area contributed by atoms with Gasteiger partial charge in [0, 0.05) is 50.1 Å². The molecule has 0 radical (unpaired) electrons. The topological polar surface area (TPSA) is 99.2 Å². The minimum atomic E-state index is -0.576. The number of piperidine rings is 1. The Morgan fingerprint density at radius 2 is 2.00 bits per heavy atom. The molecule has 35 heavy (non-hydrogen) atoms. The summed E-state index contributed by atoms with van der Waals surface area (Å²) in [5.41, 5.74) is 2.35. The number of likely N-dealkylation sites (N-methyl/N-ethyl adjacent to an activating group) is 1. The highest BCUT2D eigenvalue weighted by atomic mass is 16.5. The van der Waals surface area contributed by atoms with Gasteiger partial charge < -0.3 is 14.6 Å². The predicted molar refractivity (Wildman–Crippen MR) is 129 cm³/mol. The average molecular weight is 483 g/mol. The number of carbonyl (C=O) groups is 2. The van der Waals surface area contributed by atoms with Gasteiger partial charge in [-0.2, -0.15) is 9.58 Å². The third-order valence-corrected chi connectivity index (χ3v) is 9.67. The van der Waals surface area contributed by atoms with Crippen LogP contribution in [-0.4, -0.2) is 59.1 Å². The second kappa shape index (κ2) is 8.00. The maximum atomic E-state index is 14.4. The molecule has 1 N–H and O–H groups in total. The molecule has 0 spiro atoms. The van der Waals surface area contributed by atoms with Gasteiger partial charge in [-0.3, -0.25) is 9.48 Å². The summed E-state index contributed by atoms with van der Waals surface area (Å²) in [6.07, 6.45) is 7.82. The van der Waals surface area contributed by atoms with Crippen LogP contribution in [0.15, 0.2) is 16.8 Å². The van der Waals surface area contributed by atoms with Crippen molar-refractivity contribution in [1.82, 2.24) is 24.7 Å². The Bertz CT molecular complexity index is 1160. The summed E-state index contributed by atoms with van der Waals surface area (Å²) in [7, 11) is 3.72. The van der Waals surface area contributed by atoms with Gasteiger partial charge in [0.15, 0.2) is 0 Å². The van der Waals surface area contributed by atoms with Crippen LogP contribution >= 0.6 is 0 Å². The molecule has 188 valence electrons. The zero-order valence-corrected chi connectivity index (χ0v) is 21.1. The first-order chi connectivity index (χ1) is 16.8. The minimum absolute atomic E-state index is 0.00942. The van der Waals surface area contributed by atoms with E-state index in [4.69, 9.17) is 9.26 Å². The van der Waals surface area contributed by atoms with Crippen molar-refractivity contribution in [2.75, 3.05) is 20.3 Å². The molecule has 4 unspecified atom stereocenters. The predicted octanol–water partition coefficient (Wildman–Crippen LogP) is 3.08. The van der Waals surface area contributed by atoms with Gasteiger partial charge in [0.05, 0.1) is 18.3 Å². The molecule has 2 aliphatic carbocycles. The summed E-state index contributed by atoms with van der Waals surface area (Å²) >= 11 is 0. The number of nitrogens with zero attached hydrogens (tertiary/aromatic N) is 4. The minimum Gasteiger partial charge on any atom is -0.381 e. The van der Waals surface area contributed by atoms with Crippen molar-refractivity contribution in [3.05, 3.63) is 29.2 Å². The molecule has 2 amide bonds. The second-order valence-electron chi connectivity index (χ2n) is 11.5. The number of aromatic nitrogens is 3. The summed E-state index contributed by atoms with van der Waals surface area (Å²) in [5, 5.41) is 11.8. The number of amides is 2. The van der Waals surface area contributed by atoms with Crippen LogP contribution in [0.2, 0.25) is 0 Å². The summed E-state index contributed by atoms with van der Waals surface area (Å²) < 4.78 is 13.2. The van der Waals surface area contributed by atoms with Crippen molar-refractivity contribution < 1.29 is 18.8 Å². The van der Waals surface area contributed by atoms with Crippen LogP contribution in [0.3, 0.4) is 0 Å². The van der Waals surface area contributed by atoms with E-state index in [9.17, 15) is 9.59 Å². The van der Waals surface area contributed by atoms with Crippen LogP contribution in [0.1, 0.15) is 73.1 Å².